The lowest BCUT2D eigenvalue weighted by atomic mass is 10.0. The number of thiophene rings is 1. The number of aromatic nitrogens is 2. The Balaban J connectivity index is 2.23. The fourth-order valence-electron chi connectivity index (χ4n) is 2.72. The van der Waals surface area contributed by atoms with Gasteiger partial charge in [-0.25, -0.2) is 9.48 Å². The van der Waals surface area contributed by atoms with Crippen LogP contribution < -0.4 is 15.6 Å². The molecule has 0 atom stereocenters. The lowest BCUT2D eigenvalue weighted by Crippen LogP contribution is -2.28. The minimum atomic E-state index is -1.47. The van der Waals surface area contributed by atoms with Crippen molar-refractivity contribution in [1.82, 2.24) is 9.78 Å². The zero-order chi connectivity index (χ0) is 20.3. The van der Waals surface area contributed by atoms with Crippen LogP contribution >= 0.6 is 11.3 Å². The number of carbonyl (C=O) groups excluding carboxylic acids is 1. The van der Waals surface area contributed by atoms with Gasteiger partial charge in [0, 0.05) is 12.1 Å². The summed E-state index contributed by atoms with van der Waals surface area (Å²) in [4.78, 5) is 36.2. The second kappa shape index (κ2) is 8.05. The molecule has 3 rings (SSSR count). The van der Waals surface area contributed by atoms with Gasteiger partial charge in [-0.3, -0.25) is 9.59 Å². The van der Waals surface area contributed by atoms with Crippen molar-refractivity contribution in [1.29, 1.82) is 0 Å². The standard InChI is InChI=1S/C19H17N3O5S/c1-3-22-17(24)16(20-13-9-10-28-18(13)27-19(25)26)14(11(2)23)15(21-22)12-7-5-4-6-8-12/h4-10,20H,3H2,1-2H3,(H,25,26). The summed E-state index contributed by atoms with van der Waals surface area (Å²) in [5, 5.41) is 17.8. The molecule has 0 aliphatic carbocycles. The van der Waals surface area contributed by atoms with Gasteiger partial charge in [-0.05, 0) is 25.3 Å². The summed E-state index contributed by atoms with van der Waals surface area (Å²) < 4.78 is 5.98. The van der Waals surface area contributed by atoms with Crippen LogP contribution in [0.1, 0.15) is 24.2 Å². The maximum absolute atomic E-state index is 12.9. The highest BCUT2D eigenvalue weighted by Gasteiger charge is 2.23. The number of aryl methyl sites for hydroxylation is 1. The summed E-state index contributed by atoms with van der Waals surface area (Å²) in [6.45, 7) is 3.42. The third-order valence-electron chi connectivity index (χ3n) is 3.92. The molecule has 0 saturated heterocycles. The highest BCUT2D eigenvalue weighted by Crippen LogP contribution is 2.35. The molecule has 0 aliphatic rings. The Hall–Kier alpha value is -3.46. The van der Waals surface area contributed by atoms with E-state index in [1.54, 1.807) is 30.5 Å². The van der Waals surface area contributed by atoms with Crippen molar-refractivity contribution in [3.63, 3.8) is 0 Å². The Morgan fingerprint density at radius 3 is 2.57 bits per heavy atom. The molecule has 2 heterocycles. The molecule has 0 fully saturated rings. The van der Waals surface area contributed by atoms with E-state index in [-0.39, 0.29) is 27.8 Å². The van der Waals surface area contributed by atoms with Gasteiger partial charge in [-0.1, -0.05) is 30.3 Å². The molecule has 144 valence electrons. The first-order valence-corrected chi connectivity index (χ1v) is 9.27. The number of hydrogen-bond acceptors (Lipinski definition) is 7. The first-order valence-electron chi connectivity index (χ1n) is 8.39. The van der Waals surface area contributed by atoms with Crippen molar-refractivity contribution >= 4 is 34.7 Å². The Labute approximate surface area is 164 Å². The van der Waals surface area contributed by atoms with Gasteiger partial charge in [0.2, 0.25) is 5.06 Å². The van der Waals surface area contributed by atoms with Gasteiger partial charge in [-0.2, -0.15) is 5.10 Å². The van der Waals surface area contributed by atoms with Gasteiger partial charge >= 0.3 is 6.16 Å². The lowest BCUT2D eigenvalue weighted by Gasteiger charge is -2.16. The van der Waals surface area contributed by atoms with Crippen LogP contribution in [-0.2, 0) is 6.54 Å². The van der Waals surface area contributed by atoms with E-state index >= 15 is 0 Å². The zero-order valence-electron chi connectivity index (χ0n) is 15.1. The summed E-state index contributed by atoms with van der Waals surface area (Å²) in [7, 11) is 0. The Bertz CT molecular complexity index is 1090. The van der Waals surface area contributed by atoms with E-state index in [1.165, 1.54) is 11.6 Å². The summed E-state index contributed by atoms with van der Waals surface area (Å²) in [5.41, 5.74) is 1.00. The predicted molar refractivity (Wildman–Crippen MR) is 106 cm³/mol. The normalized spacial score (nSPS) is 10.5. The number of Topliss-reactive ketones (excluding diaryl/α,β-unsaturated/α-hetero) is 1. The minimum absolute atomic E-state index is 0.0249. The topological polar surface area (TPSA) is 111 Å². The Morgan fingerprint density at radius 1 is 1.25 bits per heavy atom. The highest BCUT2D eigenvalue weighted by molar-refractivity contribution is 7.12. The van der Waals surface area contributed by atoms with Crippen molar-refractivity contribution in [2.24, 2.45) is 0 Å². The summed E-state index contributed by atoms with van der Waals surface area (Å²) >= 11 is 1.05. The number of nitrogens with zero attached hydrogens (tertiary/aromatic N) is 2. The summed E-state index contributed by atoms with van der Waals surface area (Å²) in [6, 6.07) is 10.6. The molecule has 2 aromatic heterocycles. The van der Waals surface area contributed by atoms with E-state index in [2.05, 4.69) is 10.4 Å². The molecule has 1 aromatic carbocycles. The first-order chi connectivity index (χ1) is 13.4. The number of carbonyl (C=O) groups is 2. The van der Waals surface area contributed by atoms with E-state index < -0.39 is 11.7 Å². The third-order valence-corrected chi connectivity index (χ3v) is 4.71. The van der Waals surface area contributed by atoms with E-state index in [0.29, 0.717) is 17.8 Å². The number of rotatable bonds is 6. The van der Waals surface area contributed by atoms with Gasteiger partial charge in [0.1, 0.15) is 11.4 Å². The molecule has 28 heavy (non-hydrogen) atoms. The maximum Gasteiger partial charge on any atom is 0.512 e. The smallest absolute Gasteiger partial charge is 0.449 e. The molecule has 8 nitrogen and oxygen atoms in total. The number of hydrogen-bond donors (Lipinski definition) is 2. The van der Waals surface area contributed by atoms with Gasteiger partial charge in [0.15, 0.2) is 5.78 Å². The molecule has 2 N–H and O–H groups in total. The molecule has 0 saturated carbocycles. The van der Waals surface area contributed by atoms with Crippen LogP contribution in [0.15, 0.2) is 46.6 Å². The van der Waals surface area contributed by atoms with E-state index in [0.717, 1.165) is 11.3 Å². The average Bonchev–Trinajstić information content (AvgIpc) is 3.09. The molecule has 0 aliphatic heterocycles. The Morgan fingerprint density at radius 2 is 1.96 bits per heavy atom. The van der Waals surface area contributed by atoms with E-state index in [4.69, 9.17) is 9.84 Å². The van der Waals surface area contributed by atoms with Crippen LogP contribution in [0.2, 0.25) is 0 Å². The number of anilines is 2. The average molecular weight is 399 g/mol. The predicted octanol–water partition coefficient (Wildman–Crippen LogP) is 3.99. The van der Waals surface area contributed by atoms with Crippen molar-refractivity contribution < 1.29 is 19.4 Å². The van der Waals surface area contributed by atoms with Crippen molar-refractivity contribution in [2.75, 3.05) is 5.32 Å². The summed E-state index contributed by atoms with van der Waals surface area (Å²) in [6.07, 6.45) is -1.47. The van der Waals surface area contributed by atoms with E-state index in [1.807, 2.05) is 18.2 Å². The zero-order valence-corrected chi connectivity index (χ0v) is 15.9. The second-order valence-electron chi connectivity index (χ2n) is 5.76. The van der Waals surface area contributed by atoms with Crippen LogP contribution in [0, 0.1) is 0 Å². The number of carboxylic acid groups (broad SMARTS) is 1. The van der Waals surface area contributed by atoms with Crippen molar-refractivity contribution in [3.8, 4) is 16.3 Å². The number of ether oxygens (including phenoxy) is 1. The van der Waals surface area contributed by atoms with Crippen LogP contribution in [0.3, 0.4) is 0 Å². The van der Waals surface area contributed by atoms with Gasteiger partial charge in [0.05, 0.1) is 11.3 Å². The molecule has 0 amide bonds. The van der Waals surface area contributed by atoms with Crippen LogP contribution in [-0.4, -0.2) is 26.8 Å². The van der Waals surface area contributed by atoms with Gasteiger partial charge in [-0.15, -0.1) is 11.3 Å². The second-order valence-corrected chi connectivity index (χ2v) is 6.64. The van der Waals surface area contributed by atoms with Crippen LogP contribution in [0.5, 0.6) is 5.06 Å². The fraction of sp³-hybridized carbons (Fsp3) is 0.158. The first kappa shape index (κ1) is 19.3. The van der Waals surface area contributed by atoms with Gasteiger partial charge < -0.3 is 15.2 Å². The molecule has 0 spiro atoms. The SMILES string of the molecule is CCn1nc(-c2ccccc2)c(C(C)=O)c(Nc2ccsc2OC(=O)O)c1=O. The molecule has 0 unspecified atom stereocenters. The quantitative estimate of drug-likeness (QED) is 0.476. The Kier molecular flexibility index (Phi) is 5.55. The van der Waals surface area contributed by atoms with Crippen LogP contribution in [0.4, 0.5) is 16.2 Å². The number of ketones is 1. The number of nitrogens with one attached hydrogen (secondary N) is 1. The lowest BCUT2D eigenvalue weighted by molar-refractivity contribution is 0.101. The number of benzene rings is 1. The molecular weight excluding hydrogens is 382 g/mol. The van der Waals surface area contributed by atoms with Crippen molar-refractivity contribution in [3.05, 3.63) is 57.7 Å². The highest BCUT2D eigenvalue weighted by atomic mass is 32.1. The molecule has 0 bridgehead atoms. The molecule has 9 heteroatoms. The maximum atomic E-state index is 12.9. The monoisotopic (exact) mass is 399 g/mol. The van der Waals surface area contributed by atoms with Crippen molar-refractivity contribution in [2.45, 2.75) is 20.4 Å². The van der Waals surface area contributed by atoms with Crippen LogP contribution in [0.25, 0.3) is 11.3 Å². The molecular formula is C19H17N3O5S. The van der Waals surface area contributed by atoms with Gasteiger partial charge in [0.25, 0.3) is 5.56 Å². The van der Waals surface area contributed by atoms with E-state index in [9.17, 15) is 14.4 Å². The minimum Gasteiger partial charge on any atom is -0.449 e. The third kappa shape index (κ3) is 3.79. The molecule has 3 aromatic rings. The largest absolute Gasteiger partial charge is 0.512 e. The fourth-order valence-corrected chi connectivity index (χ4v) is 3.42. The molecule has 0 radical (unpaired) electrons. The summed E-state index contributed by atoms with van der Waals surface area (Å²) in [5.74, 6) is -0.342.